The summed E-state index contributed by atoms with van der Waals surface area (Å²) in [5.74, 6) is -1.60. The molecule has 0 atom stereocenters. The molecule has 9 heteroatoms. The average Bonchev–Trinajstić information content (AvgIpc) is 2.64. The van der Waals surface area contributed by atoms with Gasteiger partial charge in [0, 0.05) is 17.1 Å². The number of rotatable bonds is 7. The van der Waals surface area contributed by atoms with E-state index < -0.39 is 18.5 Å². The van der Waals surface area contributed by atoms with Crippen LogP contribution in [0.4, 0.5) is 11.4 Å². The molecule has 0 aliphatic carbocycles. The van der Waals surface area contributed by atoms with E-state index in [1.807, 2.05) is 0 Å². The summed E-state index contributed by atoms with van der Waals surface area (Å²) >= 11 is 17.6. The molecule has 0 aliphatic rings. The fourth-order valence-corrected chi connectivity index (χ4v) is 2.45. The highest BCUT2D eigenvalue weighted by Crippen LogP contribution is 2.29. The Kier molecular flexibility index (Phi) is 7.91. The molecule has 2 rings (SSSR count). The fraction of sp³-hybridized carbons (Fsp3) is 0.167. The normalized spacial score (nSPS) is 10.2. The quantitative estimate of drug-likeness (QED) is 0.633. The van der Waals surface area contributed by atoms with Crippen LogP contribution in [0.2, 0.25) is 15.1 Å². The van der Waals surface area contributed by atoms with E-state index in [0.29, 0.717) is 16.4 Å². The molecule has 0 aliphatic heterocycles. The molecule has 2 N–H and O–H groups in total. The summed E-state index contributed by atoms with van der Waals surface area (Å²) in [5, 5.41) is 6.14. The molecule has 0 heterocycles. The molecular weight excluding hydrogens is 415 g/mol. The first-order valence-corrected chi connectivity index (χ1v) is 8.93. The largest absolute Gasteiger partial charge is 0.456 e. The molecule has 0 fully saturated rings. The Hall–Kier alpha value is -2.28. The van der Waals surface area contributed by atoms with Gasteiger partial charge in [0.1, 0.15) is 0 Å². The maximum Gasteiger partial charge on any atom is 0.306 e. The van der Waals surface area contributed by atoms with Crippen molar-refractivity contribution in [3.8, 4) is 0 Å². The maximum atomic E-state index is 11.8. The van der Waals surface area contributed by atoms with E-state index in [2.05, 4.69) is 10.6 Å². The summed E-state index contributed by atoms with van der Waals surface area (Å²) in [6.45, 7) is -0.500. The van der Waals surface area contributed by atoms with Gasteiger partial charge in [-0.05, 0) is 36.4 Å². The highest BCUT2D eigenvalue weighted by atomic mass is 35.5. The van der Waals surface area contributed by atoms with Gasteiger partial charge in [0.2, 0.25) is 5.91 Å². The van der Waals surface area contributed by atoms with Crippen molar-refractivity contribution in [2.45, 2.75) is 12.8 Å². The number of carbonyl (C=O) groups excluding carboxylic acids is 3. The van der Waals surface area contributed by atoms with Gasteiger partial charge in [-0.3, -0.25) is 14.4 Å². The number of halogens is 3. The molecule has 27 heavy (non-hydrogen) atoms. The lowest BCUT2D eigenvalue weighted by molar-refractivity contribution is -0.147. The third kappa shape index (κ3) is 7.09. The third-order valence-corrected chi connectivity index (χ3v) is 4.34. The van der Waals surface area contributed by atoms with Crippen LogP contribution in [0, 0.1) is 0 Å². The van der Waals surface area contributed by atoms with Crippen molar-refractivity contribution in [1.82, 2.24) is 0 Å². The van der Waals surface area contributed by atoms with E-state index in [0.717, 1.165) is 0 Å². The topological polar surface area (TPSA) is 84.5 Å². The van der Waals surface area contributed by atoms with Crippen molar-refractivity contribution < 1.29 is 19.1 Å². The van der Waals surface area contributed by atoms with E-state index in [9.17, 15) is 14.4 Å². The predicted octanol–water partition coefficient (Wildman–Crippen LogP) is 4.55. The van der Waals surface area contributed by atoms with Crippen LogP contribution < -0.4 is 10.6 Å². The van der Waals surface area contributed by atoms with E-state index in [4.69, 9.17) is 39.5 Å². The molecule has 0 spiro atoms. The smallest absolute Gasteiger partial charge is 0.306 e. The number of anilines is 2. The van der Waals surface area contributed by atoms with Gasteiger partial charge in [0.25, 0.3) is 5.91 Å². The van der Waals surface area contributed by atoms with Gasteiger partial charge in [-0.1, -0.05) is 40.9 Å². The van der Waals surface area contributed by atoms with E-state index in [1.165, 1.54) is 0 Å². The van der Waals surface area contributed by atoms with Gasteiger partial charge in [0.15, 0.2) is 6.61 Å². The summed E-state index contributed by atoms with van der Waals surface area (Å²) in [4.78, 5) is 35.3. The van der Waals surface area contributed by atoms with Crippen LogP contribution in [-0.4, -0.2) is 24.4 Å². The van der Waals surface area contributed by atoms with Gasteiger partial charge in [-0.15, -0.1) is 0 Å². The van der Waals surface area contributed by atoms with Crippen LogP contribution in [0.15, 0.2) is 42.5 Å². The van der Waals surface area contributed by atoms with Crippen molar-refractivity contribution in [2.24, 2.45) is 0 Å². The van der Waals surface area contributed by atoms with Crippen molar-refractivity contribution in [2.75, 3.05) is 17.2 Å². The van der Waals surface area contributed by atoms with Gasteiger partial charge in [-0.25, -0.2) is 0 Å². The average molecular weight is 430 g/mol. The Morgan fingerprint density at radius 2 is 1.56 bits per heavy atom. The molecule has 0 radical (unpaired) electrons. The minimum atomic E-state index is -0.673. The molecule has 0 saturated carbocycles. The highest BCUT2D eigenvalue weighted by Gasteiger charge is 2.12. The minimum Gasteiger partial charge on any atom is -0.456 e. The van der Waals surface area contributed by atoms with Crippen LogP contribution in [-0.2, 0) is 19.1 Å². The van der Waals surface area contributed by atoms with Crippen molar-refractivity contribution in [3.63, 3.8) is 0 Å². The number of hydrogen-bond donors (Lipinski definition) is 2. The molecule has 2 amide bonds. The molecule has 0 saturated heterocycles. The minimum absolute atomic E-state index is 0.0802. The SMILES string of the molecule is O=C(CCC(=O)OCC(=O)Nc1cccc(Cl)c1Cl)Nc1ccc(Cl)cc1. The Morgan fingerprint density at radius 3 is 2.26 bits per heavy atom. The van der Waals surface area contributed by atoms with Crippen LogP contribution in [0.5, 0.6) is 0 Å². The summed E-state index contributed by atoms with van der Waals surface area (Å²) in [6.07, 6.45) is -0.242. The number of ether oxygens (including phenoxy) is 1. The lowest BCUT2D eigenvalue weighted by Gasteiger charge is -2.09. The lowest BCUT2D eigenvalue weighted by atomic mass is 10.2. The Morgan fingerprint density at radius 1 is 0.852 bits per heavy atom. The van der Waals surface area contributed by atoms with E-state index in [-0.39, 0.29) is 28.8 Å². The molecular formula is C18H15Cl3N2O4. The van der Waals surface area contributed by atoms with Gasteiger partial charge < -0.3 is 15.4 Å². The van der Waals surface area contributed by atoms with Gasteiger partial charge in [0.05, 0.1) is 22.2 Å². The van der Waals surface area contributed by atoms with Crippen molar-refractivity contribution in [3.05, 3.63) is 57.5 Å². The third-order valence-electron chi connectivity index (χ3n) is 3.27. The molecule has 0 bridgehead atoms. The number of amides is 2. The molecule has 142 valence electrons. The first kappa shape index (κ1) is 21.0. The highest BCUT2D eigenvalue weighted by molar-refractivity contribution is 6.44. The monoisotopic (exact) mass is 428 g/mol. The zero-order chi connectivity index (χ0) is 19.8. The first-order valence-electron chi connectivity index (χ1n) is 7.80. The molecule has 0 unspecified atom stereocenters. The fourth-order valence-electron chi connectivity index (χ4n) is 1.98. The summed E-state index contributed by atoms with van der Waals surface area (Å²) in [7, 11) is 0. The van der Waals surface area contributed by atoms with Crippen LogP contribution in [0.1, 0.15) is 12.8 Å². The van der Waals surface area contributed by atoms with E-state index in [1.54, 1.807) is 42.5 Å². The molecule has 2 aromatic carbocycles. The zero-order valence-electron chi connectivity index (χ0n) is 13.9. The number of benzene rings is 2. The summed E-state index contributed by atoms with van der Waals surface area (Å²) < 4.78 is 4.84. The van der Waals surface area contributed by atoms with E-state index >= 15 is 0 Å². The first-order chi connectivity index (χ1) is 12.8. The Bertz CT molecular complexity index is 841. The van der Waals surface area contributed by atoms with Gasteiger partial charge >= 0.3 is 5.97 Å². The molecule has 6 nitrogen and oxygen atoms in total. The zero-order valence-corrected chi connectivity index (χ0v) is 16.2. The standard InChI is InChI=1S/C18H15Cl3N2O4/c19-11-4-6-12(7-5-11)22-15(24)8-9-17(26)27-10-16(25)23-14-3-1-2-13(20)18(14)21/h1-7H,8-10H2,(H,22,24)(H,23,25). The number of nitrogens with one attached hydrogen (secondary N) is 2. The Balaban J connectivity index is 1.70. The number of esters is 1. The van der Waals surface area contributed by atoms with Crippen molar-refractivity contribution >= 4 is 64.0 Å². The maximum absolute atomic E-state index is 11.8. The molecule has 2 aromatic rings. The second-order valence-corrected chi connectivity index (χ2v) is 6.59. The summed E-state index contributed by atoms with van der Waals surface area (Å²) in [5.41, 5.74) is 0.878. The number of carbonyl (C=O) groups is 3. The predicted molar refractivity (Wildman–Crippen MR) is 105 cm³/mol. The summed E-state index contributed by atoms with van der Waals surface area (Å²) in [6, 6.07) is 11.3. The van der Waals surface area contributed by atoms with Crippen LogP contribution >= 0.6 is 34.8 Å². The van der Waals surface area contributed by atoms with Gasteiger partial charge in [-0.2, -0.15) is 0 Å². The van der Waals surface area contributed by atoms with Crippen LogP contribution in [0.3, 0.4) is 0 Å². The number of hydrogen-bond acceptors (Lipinski definition) is 4. The second-order valence-electron chi connectivity index (χ2n) is 5.37. The Labute approximate surface area is 170 Å². The lowest BCUT2D eigenvalue weighted by Crippen LogP contribution is -2.22. The second kappa shape index (κ2) is 10.2. The van der Waals surface area contributed by atoms with Crippen molar-refractivity contribution in [1.29, 1.82) is 0 Å². The van der Waals surface area contributed by atoms with Crippen LogP contribution in [0.25, 0.3) is 0 Å². The molecule has 0 aromatic heterocycles.